The molecule has 0 aliphatic rings. The zero-order chi connectivity index (χ0) is 14.4. The molecular formula is C16H13NO2S. The predicted molar refractivity (Wildman–Crippen MR) is 78.5 cm³/mol. The molecule has 0 heterocycles. The molecule has 0 amide bonds. The predicted octanol–water partition coefficient (Wildman–Crippen LogP) is 3.64. The molecule has 0 bridgehead atoms. The number of methoxy groups -OCH3 is 1. The molecule has 0 N–H and O–H groups in total. The molecule has 0 saturated heterocycles. The van der Waals surface area contributed by atoms with Gasteiger partial charge < -0.3 is 4.74 Å². The molecule has 0 saturated carbocycles. The van der Waals surface area contributed by atoms with Gasteiger partial charge >= 0.3 is 5.97 Å². The number of esters is 1. The number of ether oxygens (including phenoxy) is 1. The maximum atomic E-state index is 11.7. The summed E-state index contributed by atoms with van der Waals surface area (Å²) in [5.74, 6) is 0.410. The molecule has 0 unspecified atom stereocenters. The van der Waals surface area contributed by atoms with Crippen molar-refractivity contribution in [2.45, 2.75) is 10.6 Å². The van der Waals surface area contributed by atoms with E-state index in [1.165, 1.54) is 7.11 Å². The van der Waals surface area contributed by atoms with Crippen molar-refractivity contribution < 1.29 is 9.53 Å². The number of nitriles is 1. The van der Waals surface area contributed by atoms with Crippen LogP contribution in [0.3, 0.4) is 0 Å². The number of nitrogens with zero attached hydrogens (tertiary/aromatic N) is 1. The minimum atomic E-state index is -0.326. The number of carbonyl (C=O) groups excluding carboxylic acids is 1. The lowest BCUT2D eigenvalue weighted by atomic mass is 10.2. The molecule has 100 valence electrons. The van der Waals surface area contributed by atoms with Crippen LogP contribution in [-0.2, 0) is 10.5 Å². The van der Waals surface area contributed by atoms with Gasteiger partial charge in [-0.05, 0) is 29.8 Å². The third-order valence-electron chi connectivity index (χ3n) is 2.77. The van der Waals surface area contributed by atoms with E-state index in [-0.39, 0.29) is 5.97 Å². The SMILES string of the molecule is COC(=O)c1ccccc1SCc1ccc(C#N)cc1. The Labute approximate surface area is 122 Å². The van der Waals surface area contributed by atoms with Crippen molar-refractivity contribution in [3.05, 3.63) is 65.2 Å². The first-order valence-corrected chi connectivity index (χ1v) is 7.02. The summed E-state index contributed by atoms with van der Waals surface area (Å²) in [4.78, 5) is 12.5. The Morgan fingerprint density at radius 3 is 2.55 bits per heavy atom. The van der Waals surface area contributed by atoms with E-state index in [0.29, 0.717) is 11.1 Å². The molecule has 0 atom stereocenters. The van der Waals surface area contributed by atoms with E-state index < -0.39 is 0 Å². The van der Waals surface area contributed by atoms with Crippen molar-refractivity contribution in [2.75, 3.05) is 7.11 Å². The minimum Gasteiger partial charge on any atom is -0.465 e. The summed E-state index contributed by atoms with van der Waals surface area (Å²) in [7, 11) is 1.38. The van der Waals surface area contributed by atoms with Gasteiger partial charge in [0.25, 0.3) is 0 Å². The molecule has 3 nitrogen and oxygen atoms in total. The van der Waals surface area contributed by atoms with Gasteiger partial charge in [0, 0.05) is 10.6 Å². The quantitative estimate of drug-likeness (QED) is 0.635. The summed E-state index contributed by atoms with van der Waals surface area (Å²) in [6.45, 7) is 0. The van der Waals surface area contributed by atoms with E-state index in [0.717, 1.165) is 16.2 Å². The van der Waals surface area contributed by atoms with Crippen LogP contribution >= 0.6 is 11.8 Å². The second kappa shape index (κ2) is 6.78. The highest BCUT2D eigenvalue weighted by Gasteiger charge is 2.11. The van der Waals surface area contributed by atoms with Gasteiger partial charge in [-0.1, -0.05) is 24.3 Å². The fourth-order valence-corrected chi connectivity index (χ4v) is 2.70. The third kappa shape index (κ3) is 3.40. The highest BCUT2D eigenvalue weighted by atomic mass is 32.2. The number of thioether (sulfide) groups is 1. The van der Waals surface area contributed by atoms with Gasteiger partial charge in [0.05, 0.1) is 24.3 Å². The minimum absolute atomic E-state index is 0.326. The summed E-state index contributed by atoms with van der Waals surface area (Å²) in [5, 5.41) is 8.75. The lowest BCUT2D eigenvalue weighted by Crippen LogP contribution is -2.02. The van der Waals surface area contributed by atoms with E-state index >= 15 is 0 Å². The maximum absolute atomic E-state index is 11.7. The molecule has 0 aromatic heterocycles. The van der Waals surface area contributed by atoms with E-state index in [1.54, 1.807) is 30.0 Å². The second-order valence-corrected chi connectivity index (χ2v) is 5.10. The molecule has 0 aliphatic heterocycles. The Kier molecular flexibility index (Phi) is 4.80. The van der Waals surface area contributed by atoms with Gasteiger partial charge in [-0.25, -0.2) is 4.79 Å². The topological polar surface area (TPSA) is 50.1 Å². The summed E-state index contributed by atoms with van der Waals surface area (Å²) < 4.78 is 4.77. The zero-order valence-corrected chi connectivity index (χ0v) is 11.8. The van der Waals surface area contributed by atoms with Gasteiger partial charge in [0.2, 0.25) is 0 Å². The Bertz CT molecular complexity index is 644. The van der Waals surface area contributed by atoms with Crippen LogP contribution in [0.15, 0.2) is 53.4 Å². The first-order chi connectivity index (χ1) is 9.74. The molecule has 2 aromatic carbocycles. The average Bonchev–Trinajstić information content (AvgIpc) is 2.53. The Balaban J connectivity index is 2.10. The molecular weight excluding hydrogens is 270 g/mol. The fraction of sp³-hybridized carbons (Fsp3) is 0.125. The van der Waals surface area contributed by atoms with Crippen LogP contribution < -0.4 is 0 Å². The van der Waals surface area contributed by atoms with Crippen molar-refractivity contribution in [2.24, 2.45) is 0 Å². The second-order valence-electron chi connectivity index (χ2n) is 4.09. The highest BCUT2D eigenvalue weighted by Crippen LogP contribution is 2.26. The van der Waals surface area contributed by atoms with E-state index in [2.05, 4.69) is 6.07 Å². The van der Waals surface area contributed by atoms with Gasteiger partial charge in [-0.3, -0.25) is 0 Å². The van der Waals surface area contributed by atoms with Crippen LogP contribution in [0.2, 0.25) is 0 Å². The summed E-state index contributed by atoms with van der Waals surface area (Å²) >= 11 is 1.57. The molecule has 0 spiro atoms. The Morgan fingerprint density at radius 2 is 1.90 bits per heavy atom. The van der Waals surface area contributed by atoms with Gasteiger partial charge in [-0.15, -0.1) is 11.8 Å². The summed E-state index contributed by atoms with van der Waals surface area (Å²) in [6, 6.07) is 16.9. The molecule has 2 aromatic rings. The first-order valence-electron chi connectivity index (χ1n) is 6.04. The van der Waals surface area contributed by atoms with Crippen LogP contribution in [-0.4, -0.2) is 13.1 Å². The van der Waals surface area contributed by atoms with Crippen molar-refractivity contribution in [3.8, 4) is 6.07 Å². The number of hydrogen-bond donors (Lipinski definition) is 0. The lowest BCUT2D eigenvalue weighted by molar-refractivity contribution is 0.0597. The zero-order valence-electron chi connectivity index (χ0n) is 11.0. The van der Waals surface area contributed by atoms with E-state index in [4.69, 9.17) is 10.00 Å². The summed E-state index contributed by atoms with van der Waals surface area (Å²) in [6.07, 6.45) is 0. The van der Waals surface area contributed by atoms with Gasteiger partial charge in [0.1, 0.15) is 0 Å². The van der Waals surface area contributed by atoms with Crippen molar-refractivity contribution >= 4 is 17.7 Å². The van der Waals surface area contributed by atoms with E-state index in [9.17, 15) is 4.79 Å². The number of carbonyl (C=O) groups is 1. The van der Waals surface area contributed by atoms with Crippen molar-refractivity contribution in [1.82, 2.24) is 0 Å². The maximum Gasteiger partial charge on any atom is 0.338 e. The van der Waals surface area contributed by atoms with Gasteiger partial charge in [0.15, 0.2) is 0 Å². The van der Waals surface area contributed by atoms with Crippen molar-refractivity contribution in [3.63, 3.8) is 0 Å². The molecule has 0 radical (unpaired) electrons. The third-order valence-corrected chi connectivity index (χ3v) is 3.91. The Morgan fingerprint density at radius 1 is 1.20 bits per heavy atom. The molecule has 20 heavy (non-hydrogen) atoms. The first kappa shape index (κ1) is 14.2. The Hall–Kier alpha value is -2.25. The standard InChI is InChI=1S/C16H13NO2S/c1-19-16(18)14-4-2-3-5-15(14)20-11-13-8-6-12(10-17)7-9-13/h2-9H,11H2,1H3. The average molecular weight is 283 g/mol. The molecule has 2 rings (SSSR count). The number of rotatable bonds is 4. The normalized spacial score (nSPS) is 9.80. The number of hydrogen-bond acceptors (Lipinski definition) is 4. The largest absolute Gasteiger partial charge is 0.465 e. The van der Waals surface area contributed by atoms with Crippen LogP contribution in [0, 0.1) is 11.3 Å². The van der Waals surface area contributed by atoms with Crippen LogP contribution in [0.1, 0.15) is 21.5 Å². The van der Waals surface area contributed by atoms with Gasteiger partial charge in [-0.2, -0.15) is 5.26 Å². The fourth-order valence-electron chi connectivity index (χ4n) is 1.71. The highest BCUT2D eigenvalue weighted by molar-refractivity contribution is 7.98. The van der Waals surface area contributed by atoms with Crippen LogP contribution in [0.4, 0.5) is 0 Å². The smallest absolute Gasteiger partial charge is 0.338 e. The molecule has 4 heteroatoms. The lowest BCUT2D eigenvalue weighted by Gasteiger charge is -2.07. The van der Waals surface area contributed by atoms with Crippen LogP contribution in [0.5, 0.6) is 0 Å². The molecule has 0 aliphatic carbocycles. The summed E-state index contributed by atoms with van der Waals surface area (Å²) in [5.41, 5.74) is 2.33. The molecule has 0 fully saturated rings. The van der Waals surface area contributed by atoms with Crippen molar-refractivity contribution in [1.29, 1.82) is 5.26 Å². The van der Waals surface area contributed by atoms with E-state index in [1.807, 2.05) is 30.3 Å². The monoisotopic (exact) mass is 283 g/mol. The van der Waals surface area contributed by atoms with Crippen LogP contribution in [0.25, 0.3) is 0 Å². The number of benzene rings is 2.